The Morgan fingerprint density at radius 3 is 2.80 bits per heavy atom. The lowest BCUT2D eigenvalue weighted by Crippen LogP contribution is -1.96. The minimum absolute atomic E-state index is 0.174. The van der Waals surface area contributed by atoms with Crippen LogP contribution in [0.2, 0.25) is 0 Å². The highest BCUT2D eigenvalue weighted by Crippen LogP contribution is 2.28. The monoisotopic (exact) mass is 334 g/mol. The fourth-order valence-electron chi connectivity index (χ4n) is 1.94. The molecule has 0 atom stereocenters. The summed E-state index contributed by atoms with van der Waals surface area (Å²) in [5, 5.41) is 8.96. The predicted octanol–water partition coefficient (Wildman–Crippen LogP) is 3.60. The van der Waals surface area contributed by atoms with Gasteiger partial charge in [-0.05, 0) is 46.3 Å². The number of hydrogen-bond acceptors (Lipinski definition) is 2. The number of hydrogen-bond donors (Lipinski definition) is 1. The first-order chi connectivity index (χ1) is 9.54. The predicted molar refractivity (Wildman–Crippen MR) is 75.2 cm³/mol. The molecule has 0 radical (unpaired) electrons. The Bertz CT molecular complexity index is 829. The van der Waals surface area contributed by atoms with Gasteiger partial charge in [0.25, 0.3) is 0 Å². The summed E-state index contributed by atoms with van der Waals surface area (Å²) in [5.74, 6) is -1.34. The number of aromatic carboxylic acids is 1. The molecule has 100 valence electrons. The molecule has 0 saturated carbocycles. The molecule has 2 aromatic heterocycles. The summed E-state index contributed by atoms with van der Waals surface area (Å²) in [6.07, 6.45) is 3.39. The van der Waals surface area contributed by atoms with E-state index in [-0.39, 0.29) is 11.4 Å². The topological polar surface area (TPSA) is 54.6 Å². The van der Waals surface area contributed by atoms with Crippen molar-refractivity contribution in [2.75, 3.05) is 0 Å². The Balaban J connectivity index is 2.15. The number of halogens is 2. The molecule has 1 aromatic carbocycles. The number of nitrogens with zero attached hydrogens (tertiary/aromatic N) is 2. The SMILES string of the molecule is O=C(O)c1ccn2cc(-c3ccc(F)cc3Br)nc2c1. The molecule has 0 spiro atoms. The zero-order valence-electron chi connectivity index (χ0n) is 10.0. The van der Waals surface area contributed by atoms with Gasteiger partial charge in [-0.15, -0.1) is 0 Å². The van der Waals surface area contributed by atoms with Crippen LogP contribution in [0.3, 0.4) is 0 Å². The van der Waals surface area contributed by atoms with Crippen LogP contribution in [-0.2, 0) is 0 Å². The molecule has 0 aliphatic heterocycles. The zero-order chi connectivity index (χ0) is 14.3. The van der Waals surface area contributed by atoms with Crippen LogP contribution in [-0.4, -0.2) is 20.5 Å². The lowest BCUT2D eigenvalue weighted by molar-refractivity contribution is 0.0697. The Hall–Kier alpha value is -2.21. The maximum atomic E-state index is 13.1. The molecular weight excluding hydrogens is 327 g/mol. The quantitative estimate of drug-likeness (QED) is 0.779. The molecular formula is C14H8BrFN2O2. The first-order valence-electron chi connectivity index (χ1n) is 5.72. The molecule has 0 aliphatic rings. The summed E-state index contributed by atoms with van der Waals surface area (Å²) >= 11 is 3.30. The second kappa shape index (κ2) is 4.72. The first-order valence-corrected chi connectivity index (χ1v) is 6.51. The van der Waals surface area contributed by atoms with Gasteiger partial charge in [0.05, 0.1) is 11.3 Å². The van der Waals surface area contributed by atoms with Crippen LogP contribution in [0.15, 0.2) is 47.2 Å². The maximum Gasteiger partial charge on any atom is 0.335 e. The number of carboxylic acid groups (broad SMARTS) is 1. The Labute approximate surface area is 121 Å². The van der Waals surface area contributed by atoms with Gasteiger partial charge in [0.2, 0.25) is 0 Å². The van der Waals surface area contributed by atoms with E-state index in [0.29, 0.717) is 15.8 Å². The van der Waals surface area contributed by atoms with Crippen molar-refractivity contribution in [2.24, 2.45) is 0 Å². The van der Waals surface area contributed by atoms with E-state index in [1.165, 1.54) is 24.3 Å². The number of aromatic nitrogens is 2. The average Bonchev–Trinajstić information content (AvgIpc) is 2.80. The fraction of sp³-hybridized carbons (Fsp3) is 0. The van der Waals surface area contributed by atoms with Crippen molar-refractivity contribution in [1.82, 2.24) is 9.38 Å². The summed E-state index contributed by atoms with van der Waals surface area (Å²) in [4.78, 5) is 15.3. The van der Waals surface area contributed by atoms with Crippen LogP contribution in [0, 0.1) is 5.82 Å². The van der Waals surface area contributed by atoms with Crippen LogP contribution in [0.25, 0.3) is 16.9 Å². The molecule has 20 heavy (non-hydrogen) atoms. The van der Waals surface area contributed by atoms with E-state index in [2.05, 4.69) is 20.9 Å². The Morgan fingerprint density at radius 2 is 2.10 bits per heavy atom. The molecule has 0 aliphatic carbocycles. The second-order valence-corrected chi connectivity index (χ2v) is 5.09. The van der Waals surface area contributed by atoms with Gasteiger partial charge in [0.15, 0.2) is 0 Å². The van der Waals surface area contributed by atoms with Crippen molar-refractivity contribution in [3.63, 3.8) is 0 Å². The summed E-state index contributed by atoms with van der Waals surface area (Å²) < 4.78 is 15.4. The summed E-state index contributed by atoms with van der Waals surface area (Å²) in [7, 11) is 0. The van der Waals surface area contributed by atoms with Gasteiger partial charge in [0.1, 0.15) is 11.5 Å². The van der Waals surface area contributed by atoms with E-state index < -0.39 is 5.97 Å². The summed E-state index contributed by atoms with van der Waals surface area (Å²) in [6, 6.07) is 7.33. The van der Waals surface area contributed by atoms with Crippen LogP contribution in [0.1, 0.15) is 10.4 Å². The Kier molecular flexibility index (Phi) is 3.02. The molecule has 0 unspecified atom stereocenters. The number of pyridine rings is 1. The Morgan fingerprint density at radius 1 is 1.30 bits per heavy atom. The van der Waals surface area contributed by atoms with Gasteiger partial charge in [0, 0.05) is 22.4 Å². The van der Waals surface area contributed by atoms with Crippen molar-refractivity contribution in [2.45, 2.75) is 0 Å². The highest BCUT2D eigenvalue weighted by atomic mass is 79.9. The van der Waals surface area contributed by atoms with E-state index in [1.54, 1.807) is 22.9 Å². The van der Waals surface area contributed by atoms with E-state index in [4.69, 9.17) is 5.11 Å². The van der Waals surface area contributed by atoms with Crippen molar-refractivity contribution in [3.8, 4) is 11.3 Å². The lowest BCUT2D eigenvalue weighted by Gasteiger charge is -1.99. The van der Waals surface area contributed by atoms with Crippen LogP contribution >= 0.6 is 15.9 Å². The molecule has 0 saturated heterocycles. The van der Waals surface area contributed by atoms with Crippen molar-refractivity contribution in [1.29, 1.82) is 0 Å². The van der Waals surface area contributed by atoms with Gasteiger partial charge in [-0.2, -0.15) is 0 Å². The largest absolute Gasteiger partial charge is 0.478 e. The summed E-state index contributed by atoms with van der Waals surface area (Å²) in [5.41, 5.74) is 2.08. The van der Waals surface area contributed by atoms with Crippen LogP contribution in [0.5, 0.6) is 0 Å². The fourth-order valence-corrected chi connectivity index (χ4v) is 2.50. The maximum absolute atomic E-state index is 13.1. The minimum Gasteiger partial charge on any atom is -0.478 e. The van der Waals surface area contributed by atoms with E-state index in [9.17, 15) is 9.18 Å². The van der Waals surface area contributed by atoms with E-state index in [1.807, 2.05) is 0 Å². The number of rotatable bonds is 2. The molecule has 3 aromatic rings. The molecule has 4 nitrogen and oxygen atoms in total. The molecule has 2 heterocycles. The van der Waals surface area contributed by atoms with Crippen molar-refractivity contribution >= 4 is 27.5 Å². The molecule has 0 bridgehead atoms. The van der Waals surface area contributed by atoms with E-state index >= 15 is 0 Å². The smallest absolute Gasteiger partial charge is 0.335 e. The minimum atomic E-state index is -1.000. The average molecular weight is 335 g/mol. The molecule has 0 amide bonds. The third-order valence-corrected chi connectivity index (χ3v) is 3.57. The number of imidazole rings is 1. The van der Waals surface area contributed by atoms with E-state index in [0.717, 1.165) is 5.56 Å². The van der Waals surface area contributed by atoms with Crippen LogP contribution < -0.4 is 0 Å². The van der Waals surface area contributed by atoms with Gasteiger partial charge < -0.3 is 9.51 Å². The standard InChI is InChI=1S/C14H8BrFN2O2/c15-11-6-9(16)1-2-10(11)12-7-18-4-3-8(14(19)20)5-13(18)17-12/h1-7H,(H,19,20). The normalized spacial score (nSPS) is 10.9. The van der Waals surface area contributed by atoms with Crippen LogP contribution in [0.4, 0.5) is 4.39 Å². The van der Waals surface area contributed by atoms with Gasteiger partial charge in [-0.25, -0.2) is 14.2 Å². The highest BCUT2D eigenvalue weighted by Gasteiger charge is 2.10. The number of benzene rings is 1. The molecule has 1 N–H and O–H groups in total. The van der Waals surface area contributed by atoms with Gasteiger partial charge in [-0.1, -0.05) is 0 Å². The number of fused-ring (bicyclic) bond motifs is 1. The van der Waals surface area contributed by atoms with Gasteiger partial charge in [-0.3, -0.25) is 0 Å². The molecule has 0 fully saturated rings. The molecule has 6 heteroatoms. The second-order valence-electron chi connectivity index (χ2n) is 4.24. The van der Waals surface area contributed by atoms with Crippen molar-refractivity contribution < 1.29 is 14.3 Å². The van der Waals surface area contributed by atoms with Gasteiger partial charge >= 0.3 is 5.97 Å². The van der Waals surface area contributed by atoms with Crippen molar-refractivity contribution in [3.05, 3.63) is 58.6 Å². The highest BCUT2D eigenvalue weighted by molar-refractivity contribution is 9.10. The molecule has 3 rings (SSSR count). The third-order valence-electron chi connectivity index (χ3n) is 2.91. The number of carbonyl (C=O) groups is 1. The number of carboxylic acids is 1. The summed E-state index contributed by atoms with van der Waals surface area (Å²) in [6.45, 7) is 0. The lowest BCUT2D eigenvalue weighted by atomic mass is 10.2. The zero-order valence-corrected chi connectivity index (χ0v) is 11.6. The third kappa shape index (κ3) is 2.18. The first kappa shape index (κ1) is 12.8.